The van der Waals surface area contributed by atoms with E-state index in [-0.39, 0.29) is 5.41 Å². The predicted molar refractivity (Wildman–Crippen MR) is 183 cm³/mol. The van der Waals surface area contributed by atoms with Gasteiger partial charge in [0.1, 0.15) is 0 Å². The van der Waals surface area contributed by atoms with Gasteiger partial charge in [0.05, 0.1) is 0 Å². The number of rotatable bonds is 4. The average Bonchev–Trinajstić information content (AvgIpc) is 3.31. The van der Waals surface area contributed by atoms with Crippen LogP contribution in [0, 0.1) is 0 Å². The van der Waals surface area contributed by atoms with Gasteiger partial charge < -0.3 is 0 Å². The number of hydrogen-bond acceptors (Lipinski definition) is 0. The molecule has 0 unspecified atom stereocenters. The molecule has 0 saturated heterocycles. The first-order valence-corrected chi connectivity index (χ1v) is 15.1. The third-order valence-electron chi connectivity index (χ3n) is 9.24. The molecule has 7 aromatic rings. The van der Waals surface area contributed by atoms with Gasteiger partial charge in [-0.2, -0.15) is 0 Å². The Morgan fingerprint density at radius 3 is 1.53 bits per heavy atom. The van der Waals surface area contributed by atoms with Crippen LogP contribution >= 0.6 is 0 Å². The zero-order valence-electron chi connectivity index (χ0n) is 24.5. The van der Waals surface area contributed by atoms with Crippen LogP contribution in [-0.2, 0) is 5.41 Å². The molecule has 0 radical (unpaired) electrons. The van der Waals surface area contributed by atoms with E-state index < -0.39 is 0 Å². The van der Waals surface area contributed by atoms with E-state index in [0.29, 0.717) is 0 Å². The predicted octanol–water partition coefficient (Wildman–Crippen LogP) is 11.8. The van der Waals surface area contributed by atoms with Gasteiger partial charge in [0.2, 0.25) is 0 Å². The molecule has 8 rings (SSSR count). The monoisotopic (exact) mass is 548 g/mol. The molecule has 204 valence electrons. The highest BCUT2D eigenvalue weighted by Crippen LogP contribution is 2.52. The van der Waals surface area contributed by atoms with E-state index in [9.17, 15) is 0 Å². The van der Waals surface area contributed by atoms with Gasteiger partial charge in [-0.1, -0.05) is 141 Å². The van der Waals surface area contributed by atoms with Crippen molar-refractivity contribution in [3.63, 3.8) is 0 Å². The second-order valence-corrected chi connectivity index (χ2v) is 12.2. The summed E-state index contributed by atoms with van der Waals surface area (Å²) in [5.74, 6) is 0. The third-order valence-corrected chi connectivity index (χ3v) is 9.24. The molecule has 7 aromatic carbocycles. The topological polar surface area (TPSA) is 0 Å². The molecule has 0 atom stereocenters. The number of benzene rings is 7. The van der Waals surface area contributed by atoms with E-state index in [4.69, 9.17) is 0 Å². The van der Waals surface area contributed by atoms with Crippen LogP contribution in [0.5, 0.6) is 0 Å². The molecule has 1 aliphatic carbocycles. The van der Waals surface area contributed by atoms with Gasteiger partial charge in [0.15, 0.2) is 0 Å². The SMILES string of the molecule is CC1(C)c2cc(-c3cccc(-c4cc(-c5ccccc5)cc(-c5ccccc5)c4)c3)ccc2-c2c1ccc1ccccc21. The Morgan fingerprint density at radius 1 is 0.349 bits per heavy atom. The van der Waals surface area contributed by atoms with Crippen molar-refractivity contribution in [2.45, 2.75) is 19.3 Å². The van der Waals surface area contributed by atoms with Crippen molar-refractivity contribution in [2.75, 3.05) is 0 Å². The Hall–Kier alpha value is -5.20. The first kappa shape index (κ1) is 25.5. The highest BCUT2D eigenvalue weighted by molar-refractivity contribution is 6.02. The second kappa shape index (κ2) is 9.96. The molecule has 0 heterocycles. The zero-order valence-corrected chi connectivity index (χ0v) is 24.5. The summed E-state index contributed by atoms with van der Waals surface area (Å²) in [5.41, 5.74) is 15.4. The smallest absolute Gasteiger partial charge is 0.0159 e. The van der Waals surface area contributed by atoms with Gasteiger partial charge in [-0.15, -0.1) is 0 Å². The maximum atomic E-state index is 2.43. The summed E-state index contributed by atoms with van der Waals surface area (Å²) in [6, 6.07) is 57.8. The molecule has 0 N–H and O–H groups in total. The van der Waals surface area contributed by atoms with Gasteiger partial charge in [-0.25, -0.2) is 0 Å². The van der Waals surface area contributed by atoms with Gasteiger partial charge in [0.25, 0.3) is 0 Å². The number of fused-ring (bicyclic) bond motifs is 5. The first-order valence-electron chi connectivity index (χ1n) is 15.1. The normalized spacial score (nSPS) is 13.1. The van der Waals surface area contributed by atoms with Crippen LogP contribution in [-0.4, -0.2) is 0 Å². The van der Waals surface area contributed by atoms with Crippen molar-refractivity contribution in [3.8, 4) is 55.6 Å². The molecular formula is C43H32. The lowest BCUT2D eigenvalue weighted by atomic mass is 9.81. The van der Waals surface area contributed by atoms with Crippen molar-refractivity contribution in [1.82, 2.24) is 0 Å². The summed E-state index contributed by atoms with van der Waals surface area (Å²) < 4.78 is 0. The van der Waals surface area contributed by atoms with Crippen molar-refractivity contribution < 1.29 is 0 Å². The minimum atomic E-state index is -0.0586. The van der Waals surface area contributed by atoms with E-state index in [1.165, 1.54) is 77.5 Å². The molecule has 0 aromatic heterocycles. The zero-order chi connectivity index (χ0) is 29.0. The van der Waals surface area contributed by atoms with Crippen molar-refractivity contribution >= 4 is 10.8 Å². The molecule has 0 heteroatoms. The fraction of sp³-hybridized carbons (Fsp3) is 0.0698. The van der Waals surface area contributed by atoms with E-state index in [1.54, 1.807) is 0 Å². The molecule has 0 amide bonds. The summed E-state index contributed by atoms with van der Waals surface area (Å²) in [5, 5.41) is 2.64. The van der Waals surface area contributed by atoms with Crippen LogP contribution in [0.4, 0.5) is 0 Å². The van der Waals surface area contributed by atoms with E-state index in [0.717, 1.165) is 0 Å². The molecule has 0 nitrogen and oxygen atoms in total. The number of hydrogen-bond donors (Lipinski definition) is 0. The van der Waals surface area contributed by atoms with E-state index in [1.807, 2.05) is 0 Å². The summed E-state index contributed by atoms with van der Waals surface area (Å²) in [4.78, 5) is 0. The Morgan fingerprint density at radius 2 is 0.860 bits per heavy atom. The Kier molecular flexibility index (Phi) is 5.91. The molecule has 1 aliphatic rings. The fourth-order valence-corrected chi connectivity index (χ4v) is 6.95. The molecule has 43 heavy (non-hydrogen) atoms. The van der Waals surface area contributed by atoms with Crippen molar-refractivity contribution in [2.24, 2.45) is 0 Å². The van der Waals surface area contributed by atoms with Gasteiger partial charge in [-0.3, -0.25) is 0 Å². The van der Waals surface area contributed by atoms with Crippen LogP contribution in [0.15, 0.2) is 158 Å². The molecular weight excluding hydrogens is 516 g/mol. The van der Waals surface area contributed by atoms with Gasteiger partial charge >= 0.3 is 0 Å². The summed E-state index contributed by atoms with van der Waals surface area (Å²) in [6.07, 6.45) is 0. The fourth-order valence-electron chi connectivity index (χ4n) is 6.95. The highest BCUT2D eigenvalue weighted by Gasteiger charge is 2.36. The van der Waals surface area contributed by atoms with Crippen LogP contribution in [0.3, 0.4) is 0 Å². The maximum absolute atomic E-state index is 2.43. The summed E-state index contributed by atoms with van der Waals surface area (Å²) in [6.45, 7) is 4.74. The molecule has 0 saturated carbocycles. The quantitative estimate of drug-likeness (QED) is 0.205. The Labute approximate surface area is 253 Å². The van der Waals surface area contributed by atoms with Crippen LogP contribution < -0.4 is 0 Å². The Balaban J connectivity index is 1.24. The molecule has 0 fully saturated rings. The molecule has 0 aliphatic heterocycles. The minimum absolute atomic E-state index is 0.0586. The first-order chi connectivity index (χ1) is 21.1. The largest absolute Gasteiger partial charge is 0.0622 e. The summed E-state index contributed by atoms with van der Waals surface area (Å²) in [7, 11) is 0. The lowest BCUT2D eigenvalue weighted by Gasteiger charge is -2.22. The Bertz CT molecular complexity index is 2070. The lowest BCUT2D eigenvalue weighted by Crippen LogP contribution is -2.15. The van der Waals surface area contributed by atoms with Gasteiger partial charge in [-0.05, 0) is 108 Å². The molecule has 0 spiro atoms. The van der Waals surface area contributed by atoms with Crippen LogP contribution in [0.25, 0.3) is 66.4 Å². The summed E-state index contributed by atoms with van der Waals surface area (Å²) >= 11 is 0. The van der Waals surface area contributed by atoms with Gasteiger partial charge in [0, 0.05) is 5.41 Å². The van der Waals surface area contributed by atoms with Crippen LogP contribution in [0.2, 0.25) is 0 Å². The standard InChI is InChI=1S/C43H32/c1-43(2)40-23-21-31-16-9-10-19-38(31)42(40)39-22-20-34(28-41(39)43)32-17-11-18-33(24-32)37-26-35(29-12-5-3-6-13-29)25-36(27-37)30-14-7-4-8-15-30/h3-28H,1-2H3. The van der Waals surface area contributed by atoms with Crippen molar-refractivity contribution in [1.29, 1.82) is 0 Å². The van der Waals surface area contributed by atoms with Crippen molar-refractivity contribution in [3.05, 3.63) is 169 Å². The second-order valence-electron chi connectivity index (χ2n) is 12.2. The molecule has 0 bridgehead atoms. The third kappa shape index (κ3) is 4.30. The highest BCUT2D eigenvalue weighted by atomic mass is 14.4. The lowest BCUT2D eigenvalue weighted by molar-refractivity contribution is 0.661. The maximum Gasteiger partial charge on any atom is 0.0159 e. The van der Waals surface area contributed by atoms with E-state index >= 15 is 0 Å². The average molecular weight is 549 g/mol. The minimum Gasteiger partial charge on any atom is -0.0622 e. The van der Waals surface area contributed by atoms with E-state index in [2.05, 4.69) is 172 Å². The van der Waals surface area contributed by atoms with Crippen LogP contribution in [0.1, 0.15) is 25.0 Å².